The van der Waals surface area contributed by atoms with Crippen molar-refractivity contribution >= 4 is 23.1 Å². The van der Waals surface area contributed by atoms with Crippen LogP contribution in [0.25, 0.3) is 0 Å². The Balaban J connectivity index is 1.19. The van der Waals surface area contributed by atoms with Gasteiger partial charge in [0.15, 0.2) is 5.78 Å². The minimum atomic E-state index is -0.0891. The highest BCUT2D eigenvalue weighted by Gasteiger charge is 2.25. The van der Waals surface area contributed by atoms with Crippen molar-refractivity contribution in [3.05, 3.63) is 94.8 Å². The van der Waals surface area contributed by atoms with Crippen molar-refractivity contribution in [3.8, 4) is 12.3 Å². The summed E-state index contributed by atoms with van der Waals surface area (Å²) < 4.78 is 0. The van der Waals surface area contributed by atoms with E-state index in [1.165, 1.54) is 5.56 Å². The molecule has 6 nitrogen and oxygen atoms in total. The minimum Gasteiger partial charge on any atom is -0.335 e. The molecule has 3 heterocycles. The zero-order valence-corrected chi connectivity index (χ0v) is 18.8. The number of ketones is 1. The monoisotopic (exact) mass is 448 g/mol. The molecule has 0 spiro atoms. The number of para-hydroxylation sites is 1. The Bertz CT molecular complexity index is 1310. The van der Waals surface area contributed by atoms with Crippen LogP contribution in [0.5, 0.6) is 0 Å². The van der Waals surface area contributed by atoms with Gasteiger partial charge in [-0.15, -0.1) is 6.42 Å². The van der Waals surface area contributed by atoms with E-state index in [-0.39, 0.29) is 11.7 Å². The molecule has 0 unspecified atom stereocenters. The summed E-state index contributed by atoms with van der Waals surface area (Å²) in [6.07, 6.45) is 6.10. The molecule has 1 saturated heterocycles. The molecule has 1 fully saturated rings. The maximum Gasteiger partial charge on any atom is 0.272 e. The van der Waals surface area contributed by atoms with Gasteiger partial charge < -0.3 is 4.90 Å². The van der Waals surface area contributed by atoms with Crippen molar-refractivity contribution in [2.24, 2.45) is 4.99 Å². The van der Waals surface area contributed by atoms with E-state index in [0.717, 1.165) is 29.1 Å². The molecular weight excluding hydrogens is 424 g/mol. The van der Waals surface area contributed by atoms with Crippen LogP contribution >= 0.6 is 0 Å². The number of fused-ring (bicyclic) bond motifs is 1. The van der Waals surface area contributed by atoms with Gasteiger partial charge in [-0.1, -0.05) is 42.3 Å². The van der Waals surface area contributed by atoms with Crippen LogP contribution in [-0.2, 0) is 6.42 Å². The summed E-state index contributed by atoms with van der Waals surface area (Å²) >= 11 is 0. The van der Waals surface area contributed by atoms with Gasteiger partial charge in [-0.05, 0) is 35.9 Å². The maximum atomic E-state index is 13.1. The third-order valence-electron chi connectivity index (χ3n) is 6.27. The summed E-state index contributed by atoms with van der Waals surface area (Å²) in [6.45, 7) is 2.72. The number of Topliss-reactive ketones (excluding diaryl/α,β-unsaturated/α-hetero) is 1. The fraction of sp³-hybridized carbons (Fsp3) is 0.214. The molecule has 0 N–H and O–H groups in total. The number of aromatic nitrogens is 1. The average molecular weight is 449 g/mol. The molecule has 168 valence electrons. The number of rotatable bonds is 5. The summed E-state index contributed by atoms with van der Waals surface area (Å²) in [4.78, 5) is 38.9. The smallest absolute Gasteiger partial charge is 0.272 e. The van der Waals surface area contributed by atoms with E-state index >= 15 is 0 Å². The molecule has 0 radical (unpaired) electrons. The number of benzene rings is 2. The standard InChI is InChI=1S/C28H24N4O2/c1-2-20-10-12-21(13-11-20)27(33)19-31-14-16-32(17-15-31)28(34)25-9-5-8-24(30-25)26-18-22-6-3-4-7-23(22)29-26/h1,3-13H,14-19H2. The van der Waals surface area contributed by atoms with Gasteiger partial charge in [-0.3, -0.25) is 19.5 Å². The maximum absolute atomic E-state index is 13.1. The van der Waals surface area contributed by atoms with Gasteiger partial charge in [0.05, 0.1) is 23.6 Å². The lowest BCUT2D eigenvalue weighted by molar-refractivity contribution is 0.0619. The number of pyridine rings is 1. The van der Waals surface area contributed by atoms with Crippen molar-refractivity contribution in [2.75, 3.05) is 32.7 Å². The highest BCUT2D eigenvalue weighted by molar-refractivity contribution is 6.06. The fourth-order valence-electron chi connectivity index (χ4n) is 4.31. The van der Waals surface area contributed by atoms with Crippen molar-refractivity contribution in [3.63, 3.8) is 0 Å². The summed E-state index contributed by atoms with van der Waals surface area (Å²) in [7, 11) is 0. The van der Waals surface area contributed by atoms with Crippen LogP contribution < -0.4 is 0 Å². The van der Waals surface area contributed by atoms with Crippen LogP contribution in [0.15, 0.2) is 71.7 Å². The number of nitrogens with zero attached hydrogens (tertiary/aromatic N) is 4. The SMILES string of the molecule is C#Cc1ccc(C(=O)CN2CCN(C(=O)c3cccc(C4=Nc5ccccc5C4)n3)CC2)cc1. The van der Waals surface area contributed by atoms with E-state index in [1.54, 1.807) is 35.2 Å². The molecule has 0 atom stereocenters. The van der Waals surface area contributed by atoms with E-state index < -0.39 is 0 Å². The lowest BCUT2D eigenvalue weighted by Crippen LogP contribution is -2.50. The molecule has 0 bridgehead atoms. The third-order valence-corrected chi connectivity index (χ3v) is 6.27. The lowest BCUT2D eigenvalue weighted by Gasteiger charge is -2.34. The van der Waals surface area contributed by atoms with Crippen LogP contribution in [-0.4, -0.2) is 64.9 Å². The van der Waals surface area contributed by atoms with E-state index in [4.69, 9.17) is 6.42 Å². The van der Waals surface area contributed by atoms with E-state index in [9.17, 15) is 9.59 Å². The van der Waals surface area contributed by atoms with Gasteiger partial charge >= 0.3 is 0 Å². The average Bonchev–Trinajstić information content (AvgIpc) is 3.33. The minimum absolute atomic E-state index is 0.0519. The molecule has 1 amide bonds. The number of amides is 1. The first kappa shape index (κ1) is 21.7. The van der Waals surface area contributed by atoms with Crippen LogP contribution in [0.1, 0.15) is 37.7 Å². The highest BCUT2D eigenvalue weighted by Crippen LogP contribution is 2.28. The predicted octanol–water partition coefficient (Wildman–Crippen LogP) is 3.38. The predicted molar refractivity (Wildman–Crippen MR) is 132 cm³/mol. The third kappa shape index (κ3) is 4.52. The number of hydrogen-bond acceptors (Lipinski definition) is 5. The van der Waals surface area contributed by atoms with Crippen molar-refractivity contribution in [1.82, 2.24) is 14.8 Å². The largest absolute Gasteiger partial charge is 0.335 e. The van der Waals surface area contributed by atoms with Gasteiger partial charge in [0.2, 0.25) is 0 Å². The molecule has 6 heteroatoms. The number of terminal acetylenes is 1. The Morgan fingerprint density at radius 1 is 0.912 bits per heavy atom. The second-order valence-corrected chi connectivity index (χ2v) is 8.49. The topological polar surface area (TPSA) is 65.9 Å². The van der Waals surface area contributed by atoms with Crippen molar-refractivity contribution in [1.29, 1.82) is 0 Å². The number of aliphatic imine (C=N–C) groups is 1. The molecule has 1 aromatic heterocycles. The molecule has 2 aliphatic heterocycles. The fourth-order valence-corrected chi connectivity index (χ4v) is 4.31. The van der Waals surface area contributed by atoms with Gasteiger partial charge in [0.25, 0.3) is 5.91 Å². The molecule has 34 heavy (non-hydrogen) atoms. The Hall–Kier alpha value is -4.08. The molecule has 2 aromatic carbocycles. The van der Waals surface area contributed by atoms with Gasteiger partial charge in [-0.2, -0.15) is 0 Å². The molecule has 0 aliphatic carbocycles. The van der Waals surface area contributed by atoms with Crippen LogP contribution in [0.3, 0.4) is 0 Å². The Morgan fingerprint density at radius 3 is 2.41 bits per heavy atom. The first-order valence-corrected chi connectivity index (χ1v) is 11.3. The summed E-state index contributed by atoms with van der Waals surface area (Å²) in [5, 5.41) is 0. The Morgan fingerprint density at radius 2 is 1.68 bits per heavy atom. The van der Waals surface area contributed by atoms with E-state index in [0.29, 0.717) is 44.0 Å². The molecule has 5 rings (SSSR count). The second kappa shape index (κ2) is 9.42. The summed E-state index contributed by atoms with van der Waals surface area (Å²) in [5.41, 5.74) is 5.59. The quantitative estimate of drug-likeness (QED) is 0.443. The molecular formula is C28H24N4O2. The zero-order valence-electron chi connectivity index (χ0n) is 18.8. The van der Waals surface area contributed by atoms with Gasteiger partial charge in [0.1, 0.15) is 5.69 Å². The normalized spacial score (nSPS) is 15.4. The van der Waals surface area contributed by atoms with Crippen LogP contribution in [0, 0.1) is 12.3 Å². The Labute approximate surface area is 199 Å². The van der Waals surface area contributed by atoms with Crippen molar-refractivity contribution in [2.45, 2.75) is 6.42 Å². The first-order chi connectivity index (χ1) is 16.6. The lowest BCUT2D eigenvalue weighted by atomic mass is 10.1. The van der Waals surface area contributed by atoms with E-state index in [1.807, 2.05) is 30.3 Å². The molecule has 2 aliphatic rings. The number of carbonyl (C=O) groups excluding carboxylic acids is 2. The first-order valence-electron chi connectivity index (χ1n) is 11.3. The summed E-state index contributed by atoms with van der Waals surface area (Å²) in [5.74, 6) is 2.52. The molecule has 0 saturated carbocycles. The van der Waals surface area contributed by atoms with Gasteiger partial charge in [0, 0.05) is 43.7 Å². The van der Waals surface area contributed by atoms with E-state index in [2.05, 4.69) is 26.9 Å². The molecule has 3 aromatic rings. The number of hydrogen-bond donors (Lipinski definition) is 0. The Kier molecular flexibility index (Phi) is 6.03. The zero-order chi connectivity index (χ0) is 23.5. The van der Waals surface area contributed by atoms with Crippen LogP contribution in [0.4, 0.5) is 5.69 Å². The number of piperazine rings is 1. The van der Waals surface area contributed by atoms with Crippen LogP contribution in [0.2, 0.25) is 0 Å². The number of carbonyl (C=O) groups is 2. The highest BCUT2D eigenvalue weighted by atomic mass is 16.2. The van der Waals surface area contributed by atoms with Gasteiger partial charge in [-0.25, -0.2) is 4.98 Å². The summed E-state index contributed by atoms with van der Waals surface area (Å²) in [6, 6.07) is 20.7. The van der Waals surface area contributed by atoms with Crippen molar-refractivity contribution < 1.29 is 9.59 Å². The second-order valence-electron chi connectivity index (χ2n) is 8.49.